The van der Waals surface area contributed by atoms with E-state index in [4.69, 9.17) is 4.74 Å². The van der Waals surface area contributed by atoms with Crippen molar-refractivity contribution in [3.8, 4) is 5.75 Å². The number of pyridine rings is 1. The number of carbonyl (C=O) groups excluding carboxylic acids is 1. The number of amides is 1. The smallest absolute Gasteiger partial charge is 0.410 e. The molecule has 1 amide bonds. The molecule has 1 fully saturated rings. The third kappa shape index (κ3) is 3.41. The average molecular weight is 317 g/mol. The minimum Gasteiger partial charge on any atom is -0.508 e. The van der Waals surface area contributed by atoms with Crippen LogP contribution in [0.2, 0.25) is 0 Å². The summed E-state index contributed by atoms with van der Waals surface area (Å²) in [7, 11) is 0. The topological polar surface area (TPSA) is 67.1 Å². The van der Waals surface area contributed by atoms with Crippen molar-refractivity contribution in [1.82, 2.24) is 14.5 Å². The maximum absolute atomic E-state index is 12.1. The molecule has 0 unspecified atom stereocenters. The number of likely N-dealkylation sites (tertiary alicyclic amines) is 1. The van der Waals surface area contributed by atoms with Gasteiger partial charge in [-0.3, -0.25) is 0 Å². The van der Waals surface area contributed by atoms with Crippen LogP contribution >= 0.6 is 0 Å². The second kappa shape index (κ2) is 5.76. The largest absolute Gasteiger partial charge is 0.508 e. The molecule has 0 saturated carbocycles. The molecule has 3 heterocycles. The van der Waals surface area contributed by atoms with Gasteiger partial charge < -0.3 is 14.7 Å². The highest BCUT2D eigenvalue weighted by Gasteiger charge is 2.28. The zero-order valence-corrected chi connectivity index (χ0v) is 13.8. The standard InChI is InChI=1S/C17H23N3O3/c1-17(2,3)23-16(22)19-7-4-12(5-8-19)14-11-18-20-9-6-13(21)10-15(14)20/h6,9-12,21H,4-5,7-8H2,1-3H3. The van der Waals surface area contributed by atoms with Crippen LogP contribution in [0.4, 0.5) is 4.79 Å². The summed E-state index contributed by atoms with van der Waals surface area (Å²) < 4.78 is 7.20. The van der Waals surface area contributed by atoms with Gasteiger partial charge in [-0.1, -0.05) is 0 Å². The van der Waals surface area contributed by atoms with Gasteiger partial charge in [-0.15, -0.1) is 0 Å². The van der Waals surface area contributed by atoms with Gasteiger partial charge in [0.1, 0.15) is 11.4 Å². The molecule has 23 heavy (non-hydrogen) atoms. The fraction of sp³-hybridized carbons (Fsp3) is 0.529. The number of aromatic nitrogens is 2. The molecule has 2 aromatic heterocycles. The summed E-state index contributed by atoms with van der Waals surface area (Å²) >= 11 is 0. The first kappa shape index (κ1) is 15.6. The molecule has 0 spiro atoms. The van der Waals surface area contributed by atoms with Gasteiger partial charge in [0, 0.05) is 30.9 Å². The molecule has 124 valence electrons. The zero-order valence-electron chi connectivity index (χ0n) is 13.8. The molecule has 3 rings (SSSR count). The SMILES string of the molecule is CC(C)(C)OC(=O)N1CCC(c2cnn3ccc(O)cc23)CC1. The first-order valence-corrected chi connectivity index (χ1v) is 7.98. The van der Waals surface area contributed by atoms with Gasteiger partial charge in [-0.05, 0) is 45.6 Å². The maximum Gasteiger partial charge on any atom is 0.410 e. The Labute approximate surface area is 135 Å². The van der Waals surface area contributed by atoms with Crippen molar-refractivity contribution in [2.24, 2.45) is 0 Å². The number of nitrogens with zero attached hydrogens (tertiary/aromatic N) is 3. The lowest BCUT2D eigenvalue weighted by atomic mass is 9.90. The number of rotatable bonds is 1. The highest BCUT2D eigenvalue weighted by atomic mass is 16.6. The van der Waals surface area contributed by atoms with Crippen molar-refractivity contribution in [3.05, 3.63) is 30.1 Å². The summed E-state index contributed by atoms with van der Waals surface area (Å²) in [5.74, 6) is 0.582. The van der Waals surface area contributed by atoms with Gasteiger partial charge in [0.2, 0.25) is 0 Å². The molecule has 1 saturated heterocycles. The van der Waals surface area contributed by atoms with Crippen LogP contribution in [0.1, 0.15) is 45.1 Å². The van der Waals surface area contributed by atoms with Gasteiger partial charge in [0.05, 0.1) is 11.7 Å². The number of hydrogen-bond acceptors (Lipinski definition) is 4. The third-order valence-electron chi connectivity index (χ3n) is 4.12. The van der Waals surface area contributed by atoms with Gasteiger partial charge in [-0.2, -0.15) is 5.10 Å². The van der Waals surface area contributed by atoms with Crippen LogP contribution in [0.3, 0.4) is 0 Å². The average Bonchev–Trinajstić information content (AvgIpc) is 2.88. The molecule has 0 aromatic carbocycles. The fourth-order valence-electron chi connectivity index (χ4n) is 3.00. The Kier molecular flexibility index (Phi) is 3.92. The van der Waals surface area contributed by atoms with Crippen LogP contribution in [-0.2, 0) is 4.74 Å². The zero-order chi connectivity index (χ0) is 16.6. The Morgan fingerprint density at radius 1 is 1.35 bits per heavy atom. The van der Waals surface area contributed by atoms with E-state index in [0.717, 1.165) is 23.9 Å². The first-order chi connectivity index (χ1) is 10.8. The first-order valence-electron chi connectivity index (χ1n) is 7.98. The molecular formula is C17H23N3O3. The third-order valence-corrected chi connectivity index (χ3v) is 4.12. The van der Waals surface area contributed by atoms with Crippen molar-refractivity contribution < 1.29 is 14.6 Å². The van der Waals surface area contributed by atoms with Crippen molar-refractivity contribution in [2.45, 2.75) is 45.1 Å². The van der Waals surface area contributed by atoms with E-state index >= 15 is 0 Å². The van der Waals surface area contributed by atoms with Crippen LogP contribution in [0, 0.1) is 0 Å². The molecular weight excluding hydrogens is 294 g/mol. The monoisotopic (exact) mass is 317 g/mol. The summed E-state index contributed by atoms with van der Waals surface area (Å²) in [6, 6.07) is 3.36. The maximum atomic E-state index is 12.1. The van der Waals surface area contributed by atoms with E-state index in [1.807, 2.05) is 27.0 Å². The number of fused-ring (bicyclic) bond motifs is 1. The number of ether oxygens (including phenoxy) is 1. The van der Waals surface area contributed by atoms with Gasteiger partial charge in [0.25, 0.3) is 0 Å². The molecule has 2 aromatic rings. The van der Waals surface area contributed by atoms with Crippen molar-refractivity contribution in [3.63, 3.8) is 0 Å². The summed E-state index contributed by atoms with van der Waals surface area (Å²) in [4.78, 5) is 13.9. The van der Waals surface area contributed by atoms with E-state index in [9.17, 15) is 9.90 Å². The number of piperidine rings is 1. The summed E-state index contributed by atoms with van der Waals surface area (Å²) in [5.41, 5.74) is 1.60. The quantitative estimate of drug-likeness (QED) is 0.877. The Balaban J connectivity index is 1.69. The number of aromatic hydroxyl groups is 1. The van der Waals surface area contributed by atoms with E-state index < -0.39 is 5.60 Å². The molecule has 1 aliphatic rings. The van der Waals surface area contributed by atoms with Crippen molar-refractivity contribution in [2.75, 3.05) is 13.1 Å². The number of hydrogen-bond donors (Lipinski definition) is 1. The van der Waals surface area contributed by atoms with Crippen molar-refractivity contribution in [1.29, 1.82) is 0 Å². The second-order valence-electron chi connectivity index (χ2n) is 7.06. The molecule has 1 aliphatic heterocycles. The van der Waals surface area contributed by atoms with Crippen LogP contribution in [0.25, 0.3) is 5.52 Å². The minimum absolute atomic E-state index is 0.241. The minimum atomic E-state index is -0.464. The summed E-state index contributed by atoms with van der Waals surface area (Å²) in [6.45, 7) is 6.99. The van der Waals surface area contributed by atoms with E-state index in [1.54, 1.807) is 27.7 Å². The van der Waals surface area contributed by atoms with Gasteiger partial charge in [0.15, 0.2) is 0 Å². The van der Waals surface area contributed by atoms with Gasteiger partial charge >= 0.3 is 6.09 Å². The Bertz CT molecular complexity index is 709. The predicted octanol–water partition coefficient (Wildman–Crippen LogP) is 3.15. The predicted molar refractivity (Wildman–Crippen MR) is 86.6 cm³/mol. The summed E-state index contributed by atoms with van der Waals surface area (Å²) in [5, 5.41) is 14.0. The molecule has 0 radical (unpaired) electrons. The molecule has 1 N–H and O–H groups in total. The van der Waals surface area contributed by atoms with E-state index in [-0.39, 0.29) is 11.8 Å². The molecule has 6 nitrogen and oxygen atoms in total. The lowest BCUT2D eigenvalue weighted by Crippen LogP contribution is -2.41. The molecule has 0 atom stereocenters. The van der Waals surface area contributed by atoms with E-state index in [2.05, 4.69) is 5.10 Å². The van der Waals surface area contributed by atoms with Crippen LogP contribution in [-0.4, -0.2) is 44.4 Å². The Hall–Kier alpha value is -2.24. The highest BCUT2D eigenvalue weighted by Crippen LogP contribution is 2.32. The normalized spacial score (nSPS) is 16.7. The van der Waals surface area contributed by atoms with Crippen LogP contribution in [0.15, 0.2) is 24.5 Å². The number of carbonyl (C=O) groups is 1. The Morgan fingerprint density at radius 2 is 2.04 bits per heavy atom. The Morgan fingerprint density at radius 3 is 2.70 bits per heavy atom. The second-order valence-corrected chi connectivity index (χ2v) is 7.06. The fourth-order valence-corrected chi connectivity index (χ4v) is 3.00. The molecule has 0 aliphatic carbocycles. The lowest BCUT2D eigenvalue weighted by molar-refractivity contribution is 0.0205. The van der Waals surface area contributed by atoms with Crippen molar-refractivity contribution >= 4 is 11.6 Å². The molecule has 6 heteroatoms. The highest BCUT2D eigenvalue weighted by molar-refractivity contribution is 5.68. The van der Waals surface area contributed by atoms with Crippen LogP contribution in [0.5, 0.6) is 5.75 Å². The van der Waals surface area contributed by atoms with E-state index in [1.165, 1.54) is 0 Å². The van der Waals surface area contributed by atoms with E-state index in [0.29, 0.717) is 19.0 Å². The van der Waals surface area contributed by atoms with Gasteiger partial charge in [-0.25, -0.2) is 9.31 Å². The lowest BCUT2D eigenvalue weighted by Gasteiger charge is -2.33. The van der Waals surface area contributed by atoms with Crippen LogP contribution < -0.4 is 0 Å². The molecule has 0 bridgehead atoms. The summed E-state index contributed by atoms with van der Waals surface area (Å²) in [6.07, 6.45) is 5.12.